The number of nitrogens with zero attached hydrogens (tertiary/aromatic N) is 6. The Morgan fingerprint density at radius 1 is 0.308 bits per heavy atom. The molecule has 3 saturated heterocycles. The van der Waals surface area contributed by atoms with E-state index in [0.29, 0.717) is 144 Å². The number of hydrogen-bond donors (Lipinski definition) is 0. The van der Waals surface area contributed by atoms with Crippen LogP contribution in [0.2, 0.25) is 5.02 Å². The molecule has 0 amide bonds. The number of fused-ring (bicyclic) bond motifs is 9. The standard InChI is InChI=1S/C19H17NO5S.C18H14ClNO4S.C18H14FNO4S.C17H21NO5S.C15H16BrNO4S.C15H17NO4S/c1-24-16-6-7-17-15(10-16)11-18(19(21)25-17)26(22,23)20-9-8-13-4-2-3-5-14(13)12-20;2*19-15-5-6-16-14(9-15)10-17(18(21)24-16)25(22,23)20-8-7-12-3-1-2-4-13(12)11-20;1-2-22-14-9-7-8-13-12-15(17(19)23-16(13)14)24(20,21)18-10-5-3-4-6-11-18;16-12-5-6-13-11(9-12)10-14(15(18)21-13)22(19,20)17-7-3-1-2-4-8-17;17-15-14(11-12-7-3-4-8-13(12)20-15)21(18,19)16-9-5-1-2-6-10-16/h2-7,10-11H,8-9,12H2,1H3;2*1-6,9-10H,7-8,11H2;7-9,12H,2-6,10-11H2,1H3;5-6,9-10H,1-4,7-8H2;3-4,7-8,11H,1-2,5-6,9-10H2. The van der Waals surface area contributed by atoms with Gasteiger partial charge in [-0.25, -0.2) is 83.7 Å². The maximum atomic E-state index is 13.4. The monoisotopic (exact) mass is 2150 g/mol. The van der Waals surface area contributed by atoms with Crippen LogP contribution in [0.1, 0.15) is 117 Å². The van der Waals surface area contributed by atoms with E-state index < -0.39 is 105 Å². The van der Waals surface area contributed by atoms with E-state index in [4.69, 9.17) is 47.6 Å². The third-order valence-electron chi connectivity index (χ3n) is 25.2. The van der Waals surface area contributed by atoms with E-state index in [0.717, 1.165) is 127 Å². The lowest BCUT2D eigenvalue weighted by Crippen LogP contribution is -2.37. The van der Waals surface area contributed by atoms with Gasteiger partial charge in [0.15, 0.2) is 40.7 Å². The fourth-order valence-corrected chi connectivity index (χ4v) is 27.2. The van der Waals surface area contributed by atoms with Gasteiger partial charge in [-0.05, 0) is 219 Å². The highest BCUT2D eigenvalue weighted by atomic mass is 79.9. The van der Waals surface area contributed by atoms with E-state index in [-0.39, 0.29) is 67.2 Å². The zero-order valence-electron chi connectivity index (χ0n) is 77.5. The molecule has 6 aliphatic rings. The maximum absolute atomic E-state index is 13.4. The number of halogens is 3. The van der Waals surface area contributed by atoms with E-state index >= 15 is 0 Å². The molecule has 0 N–H and O–H groups in total. The van der Waals surface area contributed by atoms with E-state index in [1.54, 1.807) is 97.1 Å². The van der Waals surface area contributed by atoms with Crippen LogP contribution in [0.25, 0.3) is 65.8 Å². The molecular formula is C102H99BrClFN6O26S6. The molecule has 6 aromatic heterocycles. The Hall–Kier alpha value is -12.0. The average molecular weight is 2150 g/mol. The van der Waals surface area contributed by atoms with Crippen LogP contribution in [0.4, 0.5) is 4.39 Å². The average Bonchev–Trinajstić information content (AvgIpc) is 0.909. The van der Waals surface area contributed by atoms with Gasteiger partial charge in [0, 0.05) is 120 Å². The first-order chi connectivity index (χ1) is 68.5. The Balaban J connectivity index is 0.000000123. The normalized spacial score (nSPS) is 16.2. The topological polar surface area (TPSA) is 424 Å². The molecule has 0 atom stereocenters. The van der Waals surface area contributed by atoms with Crippen molar-refractivity contribution < 1.29 is 90.9 Å². The smallest absolute Gasteiger partial charge is 0.356 e. The molecule has 0 radical (unpaired) electrons. The van der Waals surface area contributed by atoms with Crippen LogP contribution in [-0.4, -0.2) is 149 Å². The van der Waals surface area contributed by atoms with Crippen LogP contribution < -0.4 is 43.2 Å². The van der Waals surface area contributed by atoms with Gasteiger partial charge in [-0.2, -0.15) is 25.8 Å². The van der Waals surface area contributed by atoms with Crippen LogP contribution in [0.15, 0.2) is 314 Å². The van der Waals surface area contributed by atoms with Crippen molar-refractivity contribution in [3.63, 3.8) is 0 Å². The number of sulfonamides is 6. The molecule has 6 aliphatic heterocycles. The van der Waals surface area contributed by atoms with Crippen LogP contribution in [-0.2, 0) is 99.0 Å². The predicted molar refractivity (Wildman–Crippen MR) is 540 cm³/mol. The highest BCUT2D eigenvalue weighted by Gasteiger charge is 2.38. The summed E-state index contributed by atoms with van der Waals surface area (Å²) in [4.78, 5) is 71.2. The summed E-state index contributed by atoms with van der Waals surface area (Å²) < 4.78 is 218. The molecule has 0 bridgehead atoms. The van der Waals surface area contributed by atoms with Crippen LogP contribution in [0.5, 0.6) is 11.5 Å². The Bertz CT molecular complexity index is 8320. The summed E-state index contributed by atoms with van der Waals surface area (Å²) in [5.41, 5.74) is 2.88. The number of methoxy groups -OCH3 is 1. The first-order valence-electron chi connectivity index (χ1n) is 46.3. The minimum absolute atomic E-state index is 0.148. The quantitative estimate of drug-likeness (QED) is 0.0860. The maximum Gasteiger partial charge on any atom is 0.356 e. The fourth-order valence-electron chi connectivity index (χ4n) is 17.6. The van der Waals surface area contributed by atoms with Gasteiger partial charge in [-0.15, -0.1) is 0 Å². The molecule has 0 unspecified atom stereocenters. The number of para-hydroxylation sites is 2. The Morgan fingerprint density at radius 2 is 0.615 bits per heavy atom. The number of ether oxygens (including phenoxy) is 2. The molecule has 143 heavy (non-hydrogen) atoms. The second-order valence-corrected chi connectivity index (χ2v) is 47.3. The lowest BCUT2D eigenvalue weighted by molar-refractivity contribution is 0.336. The van der Waals surface area contributed by atoms with Gasteiger partial charge in [0.1, 0.15) is 39.5 Å². The third kappa shape index (κ3) is 23.5. The van der Waals surface area contributed by atoms with Crippen molar-refractivity contribution >= 4 is 153 Å². The van der Waals surface area contributed by atoms with Crippen LogP contribution in [0, 0.1) is 5.82 Å². The van der Waals surface area contributed by atoms with Crippen molar-refractivity contribution in [3.8, 4) is 11.5 Å². The second kappa shape index (κ2) is 44.7. The van der Waals surface area contributed by atoms with Crippen molar-refractivity contribution in [2.45, 2.75) is 152 Å². The summed E-state index contributed by atoms with van der Waals surface area (Å²) >= 11 is 9.28. The van der Waals surface area contributed by atoms with Crippen LogP contribution >= 0.6 is 27.5 Å². The SMILES string of the molecule is CCOc1cccc2cc(S(=O)(=O)N3CCCCCC3)c(=O)oc12.COc1ccc2oc(=O)c(S(=O)(=O)N3CCc4ccccc4C3)cc2c1.O=c1oc2ccc(Br)cc2cc1S(=O)(=O)N1CCCCCC1.O=c1oc2ccc(Cl)cc2cc1S(=O)(=O)N1CCc2ccccc2C1.O=c1oc2ccc(F)cc2cc1S(=O)(=O)N1CCc2ccccc2C1.O=c1oc2ccccc2cc1S(=O)(=O)N1CCCCCC1. The minimum atomic E-state index is -4.04. The molecule has 0 saturated carbocycles. The molecule has 750 valence electrons. The zero-order valence-corrected chi connectivity index (χ0v) is 84.8. The van der Waals surface area contributed by atoms with Crippen molar-refractivity contribution in [1.29, 1.82) is 0 Å². The van der Waals surface area contributed by atoms with Gasteiger partial charge in [0.05, 0.1) is 13.7 Å². The van der Waals surface area contributed by atoms with Gasteiger partial charge in [0.2, 0.25) is 30.1 Å². The van der Waals surface area contributed by atoms with Gasteiger partial charge in [0.25, 0.3) is 30.1 Å². The second-order valence-electron chi connectivity index (χ2n) is 34.5. The molecule has 21 rings (SSSR count). The zero-order chi connectivity index (χ0) is 101. The molecule has 32 nitrogen and oxygen atoms in total. The Labute approximate surface area is 835 Å². The summed E-state index contributed by atoms with van der Waals surface area (Å²) in [7, 11) is -21.9. The number of hydrogen-bond acceptors (Lipinski definition) is 26. The lowest BCUT2D eigenvalue weighted by Gasteiger charge is -2.27. The Kier molecular flexibility index (Phi) is 32.5. The highest BCUT2D eigenvalue weighted by molar-refractivity contribution is 9.10. The molecule has 12 heterocycles. The van der Waals surface area contributed by atoms with Crippen LogP contribution in [0.3, 0.4) is 0 Å². The lowest BCUT2D eigenvalue weighted by atomic mass is 10.0. The molecule has 3 fully saturated rings. The molecule has 41 heteroatoms. The summed E-state index contributed by atoms with van der Waals surface area (Å²) in [6, 6.07) is 61.5. The van der Waals surface area contributed by atoms with E-state index in [1.807, 2.05) is 79.7 Å². The Morgan fingerprint density at radius 3 is 1.01 bits per heavy atom. The fraction of sp³-hybridized carbons (Fsp3) is 0.294. The minimum Gasteiger partial charge on any atom is -0.497 e. The van der Waals surface area contributed by atoms with Crippen molar-refractivity contribution in [2.24, 2.45) is 0 Å². The van der Waals surface area contributed by atoms with Gasteiger partial charge in [-0.1, -0.05) is 169 Å². The van der Waals surface area contributed by atoms with Gasteiger partial charge >= 0.3 is 33.8 Å². The third-order valence-corrected chi connectivity index (χ3v) is 37.1. The summed E-state index contributed by atoms with van der Waals surface area (Å²) in [6.45, 7) is 6.60. The highest BCUT2D eigenvalue weighted by Crippen LogP contribution is 2.35. The van der Waals surface area contributed by atoms with Gasteiger partial charge in [-0.3, -0.25) is 0 Å². The molecule has 0 spiro atoms. The predicted octanol–water partition coefficient (Wildman–Crippen LogP) is 16.7. The van der Waals surface area contributed by atoms with Crippen molar-refractivity contribution in [2.75, 3.05) is 72.6 Å². The van der Waals surface area contributed by atoms with E-state index in [9.17, 15) is 83.7 Å². The number of rotatable bonds is 15. The first-order valence-corrected chi connectivity index (χ1v) is 56.1. The van der Waals surface area contributed by atoms with Crippen molar-refractivity contribution in [3.05, 3.63) is 336 Å². The van der Waals surface area contributed by atoms with E-state index in [1.165, 1.54) is 75.4 Å². The van der Waals surface area contributed by atoms with E-state index in [2.05, 4.69) is 15.9 Å². The largest absolute Gasteiger partial charge is 0.497 e. The molecule has 15 aromatic rings. The van der Waals surface area contributed by atoms with Crippen molar-refractivity contribution in [1.82, 2.24) is 25.8 Å². The molecule has 9 aromatic carbocycles. The summed E-state index contributed by atoms with van der Waals surface area (Å²) in [5, 5.41) is 3.39. The molecular weight excluding hydrogens is 2050 g/mol. The van der Waals surface area contributed by atoms with Gasteiger partial charge < -0.3 is 36.0 Å². The molecule has 0 aliphatic carbocycles. The number of benzene rings is 9. The summed E-state index contributed by atoms with van der Waals surface area (Å²) in [6.07, 6.45) is 12.8. The first kappa shape index (κ1) is 104. The summed E-state index contributed by atoms with van der Waals surface area (Å²) in [5.74, 6) is 0.462.